The molecule has 1 spiro atoms. The van der Waals surface area contributed by atoms with E-state index >= 15 is 0 Å². The van der Waals surface area contributed by atoms with Crippen molar-refractivity contribution in [3.8, 4) is 0 Å². The van der Waals surface area contributed by atoms with Crippen molar-refractivity contribution in [3.05, 3.63) is 36.0 Å². The Hall–Kier alpha value is -2.44. The Morgan fingerprint density at radius 1 is 1.22 bits per heavy atom. The highest BCUT2D eigenvalue weighted by Crippen LogP contribution is 2.54. The van der Waals surface area contributed by atoms with Crippen LogP contribution in [0.1, 0.15) is 62.4 Å². The summed E-state index contributed by atoms with van der Waals surface area (Å²) in [6, 6.07) is 5.91. The van der Waals surface area contributed by atoms with Crippen molar-refractivity contribution >= 4 is 11.9 Å². The van der Waals surface area contributed by atoms with Crippen LogP contribution in [0.4, 0.5) is 6.01 Å². The van der Waals surface area contributed by atoms with Crippen molar-refractivity contribution in [1.29, 1.82) is 0 Å². The van der Waals surface area contributed by atoms with Crippen LogP contribution < -0.4 is 5.32 Å². The van der Waals surface area contributed by atoms with E-state index in [1.807, 2.05) is 36.2 Å². The first-order chi connectivity index (χ1) is 13.1. The standard InChI is InChI=1S/C20H25N5O2/c1-13(18(26)25-10-7-20(5-6-20)8-11-25)22-19-24-23-17(27-19)15-12-14(15)16-4-2-3-9-21-16/h2-4,9,13-15H,5-8,10-12H2,1H3,(H,22,24)/t13-,14-,15-/m0/s1. The van der Waals surface area contributed by atoms with Crippen LogP contribution in [0.25, 0.3) is 0 Å². The van der Waals surface area contributed by atoms with E-state index in [-0.39, 0.29) is 17.9 Å². The number of amides is 1. The normalized spacial score (nSPS) is 26.6. The van der Waals surface area contributed by atoms with E-state index in [1.165, 1.54) is 12.8 Å². The van der Waals surface area contributed by atoms with Gasteiger partial charge >= 0.3 is 6.01 Å². The molecule has 1 N–H and O–H groups in total. The van der Waals surface area contributed by atoms with Crippen LogP contribution in [-0.4, -0.2) is 45.1 Å². The van der Waals surface area contributed by atoms with Crippen molar-refractivity contribution < 1.29 is 9.21 Å². The second kappa shape index (κ2) is 6.32. The average molecular weight is 367 g/mol. The smallest absolute Gasteiger partial charge is 0.316 e. The number of likely N-dealkylation sites (tertiary alicyclic amines) is 1. The first-order valence-electron chi connectivity index (χ1n) is 9.93. The lowest BCUT2D eigenvalue weighted by Crippen LogP contribution is -2.45. The van der Waals surface area contributed by atoms with Crippen molar-refractivity contribution in [3.63, 3.8) is 0 Å². The van der Waals surface area contributed by atoms with E-state index in [1.54, 1.807) is 0 Å². The number of nitrogens with zero attached hydrogens (tertiary/aromatic N) is 4. The zero-order valence-electron chi connectivity index (χ0n) is 15.6. The third-order valence-electron chi connectivity index (χ3n) is 6.42. The lowest BCUT2D eigenvalue weighted by atomic mass is 9.93. The van der Waals surface area contributed by atoms with Crippen LogP contribution in [-0.2, 0) is 4.79 Å². The molecule has 2 aliphatic carbocycles. The molecule has 142 valence electrons. The molecule has 27 heavy (non-hydrogen) atoms. The number of rotatable bonds is 5. The largest absolute Gasteiger partial charge is 0.408 e. The molecule has 0 bridgehead atoms. The molecule has 1 saturated heterocycles. The fraction of sp³-hybridized carbons (Fsp3) is 0.600. The molecule has 3 heterocycles. The molecule has 3 fully saturated rings. The summed E-state index contributed by atoms with van der Waals surface area (Å²) < 4.78 is 5.78. The highest BCUT2D eigenvalue weighted by molar-refractivity contribution is 5.83. The molecule has 0 unspecified atom stereocenters. The molecule has 1 amide bonds. The summed E-state index contributed by atoms with van der Waals surface area (Å²) >= 11 is 0. The molecule has 3 aliphatic rings. The SMILES string of the molecule is C[C@H](Nc1nnc([C@H]2C[C@@H]2c2ccccn2)o1)C(=O)N1CCC2(CC1)CC2. The van der Waals surface area contributed by atoms with Gasteiger partial charge in [0.15, 0.2) is 0 Å². The number of nitrogens with one attached hydrogen (secondary N) is 1. The quantitative estimate of drug-likeness (QED) is 0.875. The third kappa shape index (κ3) is 3.31. The second-order valence-corrected chi connectivity index (χ2v) is 8.34. The van der Waals surface area contributed by atoms with E-state index in [0.29, 0.717) is 23.2 Å². The van der Waals surface area contributed by atoms with E-state index in [4.69, 9.17) is 4.42 Å². The van der Waals surface area contributed by atoms with Crippen molar-refractivity contribution in [2.24, 2.45) is 5.41 Å². The maximum absolute atomic E-state index is 12.7. The summed E-state index contributed by atoms with van der Waals surface area (Å²) in [6.45, 7) is 3.60. The molecule has 2 aromatic rings. The molecule has 5 rings (SSSR count). The van der Waals surface area contributed by atoms with Gasteiger partial charge in [-0.15, -0.1) is 5.10 Å². The Labute approximate surface area is 158 Å². The Balaban J connectivity index is 1.17. The number of hydrogen-bond donors (Lipinski definition) is 1. The molecule has 0 aromatic carbocycles. The van der Waals surface area contributed by atoms with Crippen LogP contribution in [0.5, 0.6) is 0 Å². The van der Waals surface area contributed by atoms with Crippen LogP contribution in [0.3, 0.4) is 0 Å². The van der Waals surface area contributed by atoms with Gasteiger partial charge in [0.05, 0.1) is 0 Å². The summed E-state index contributed by atoms with van der Waals surface area (Å²) in [5, 5.41) is 11.3. The third-order valence-corrected chi connectivity index (χ3v) is 6.42. The van der Waals surface area contributed by atoms with Crippen molar-refractivity contribution in [2.75, 3.05) is 18.4 Å². The fourth-order valence-electron chi connectivity index (χ4n) is 4.23. The monoisotopic (exact) mass is 367 g/mol. The van der Waals surface area contributed by atoms with Gasteiger partial charge in [0.1, 0.15) is 6.04 Å². The first-order valence-corrected chi connectivity index (χ1v) is 9.93. The van der Waals surface area contributed by atoms with Crippen molar-refractivity contribution in [1.82, 2.24) is 20.1 Å². The minimum absolute atomic E-state index is 0.114. The van der Waals surface area contributed by atoms with Gasteiger partial charge in [0.2, 0.25) is 11.8 Å². The van der Waals surface area contributed by atoms with Crippen molar-refractivity contribution in [2.45, 2.75) is 56.9 Å². The van der Waals surface area contributed by atoms with E-state index in [9.17, 15) is 4.79 Å². The summed E-state index contributed by atoms with van der Waals surface area (Å²) in [5.74, 6) is 1.32. The second-order valence-electron chi connectivity index (χ2n) is 8.34. The number of aromatic nitrogens is 3. The Bertz CT molecular complexity index is 822. The number of carbonyl (C=O) groups excluding carboxylic acids is 1. The van der Waals surface area contributed by atoms with Gasteiger partial charge in [-0.3, -0.25) is 9.78 Å². The molecule has 1 aliphatic heterocycles. The maximum Gasteiger partial charge on any atom is 0.316 e. The van der Waals surface area contributed by atoms with Crippen LogP contribution in [0.15, 0.2) is 28.8 Å². The predicted octanol–water partition coefficient (Wildman–Crippen LogP) is 2.94. The number of carbonyl (C=O) groups is 1. The number of anilines is 1. The molecule has 7 nitrogen and oxygen atoms in total. The lowest BCUT2D eigenvalue weighted by molar-refractivity contribution is -0.133. The van der Waals surface area contributed by atoms with Gasteiger partial charge in [-0.25, -0.2) is 0 Å². The lowest BCUT2D eigenvalue weighted by Gasteiger charge is -2.33. The van der Waals surface area contributed by atoms with Gasteiger partial charge in [-0.1, -0.05) is 11.2 Å². The zero-order valence-corrected chi connectivity index (χ0v) is 15.6. The van der Waals surface area contributed by atoms with Gasteiger partial charge in [-0.2, -0.15) is 0 Å². The average Bonchev–Trinajstić information content (AvgIpc) is 3.61. The maximum atomic E-state index is 12.7. The van der Waals surface area contributed by atoms with Gasteiger partial charge in [-0.05, 0) is 56.6 Å². The number of hydrogen-bond acceptors (Lipinski definition) is 6. The Kier molecular flexibility index (Phi) is 3.91. The van der Waals surface area contributed by atoms with Crippen LogP contribution in [0.2, 0.25) is 0 Å². The van der Waals surface area contributed by atoms with Crippen LogP contribution in [0, 0.1) is 5.41 Å². The van der Waals surface area contributed by atoms with Gasteiger partial charge in [0, 0.05) is 36.8 Å². The van der Waals surface area contributed by atoms with Gasteiger partial charge in [0.25, 0.3) is 0 Å². The molecule has 3 atom stereocenters. The summed E-state index contributed by atoms with van der Waals surface area (Å²) in [7, 11) is 0. The summed E-state index contributed by atoms with van der Waals surface area (Å²) in [4.78, 5) is 19.1. The topological polar surface area (TPSA) is 84.1 Å². The minimum atomic E-state index is -0.364. The van der Waals surface area contributed by atoms with Gasteiger partial charge < -0.3 is 14.6 Å². The molecule has 2 saturated carbocycles. The molecule has 0 radical (unpaired) electrons. The molecular formula is C20H25N5O2. The number of piperidine rings is 1. The summed E-state index contributed by atoms with van der Waals surface area (Å²) in [5.41, 5.74) is 1.64. The Morgan fingerprint density at radius 3 is 2.74 bits per heavy atom. The van der Waals surface area contributed by atoms with E-state index < -0.39 is 0 Å². The number of pyridine rings is 1. The zero-order chi connectivity index (χ0) is 18.4. The highest BCUT2D eigenvalue weighted by Gasteiger charge is 2.46. The Morgan fingerprint density at radius 2 is 2.04 bits per heavy atom. The predicted molar refractivity (Wildman–Crippen MR) is 99.2 cm³/mol. The first kappa shape index (κ1) is 16.7. The molecular weight excluding hydrogens is 342 g/mol. The van der Waals surface area contributed by atoms with E-state index in [2.05, 4.69) is 20.5 Å². The highest BCUT2D eigenvalue weighted by atomic mass is 16.4. The van der Waals surface area contributed by atoms with E-state index in [0.717, 1.165) is 38.0 Å². The van der Waals surface area contributed by atoms with Crippen LogP contribution >= 0.6 is 0 Å². The fourth-order valence-corrected chi connectivity index (χ4v) is 4.23. The summed E-state index contributed by atoms with van der Waals surface area (Å²) in [6.07, 6.45) is 7.76. The molecule has 7 heteroatoms. The minimum Gasteiger partial charge on any atom is -0.408 e. The molecule has 2 aromatic heterocycles.